The van der Waals surface area contributed by atoms with Crippen LogP contribution >= 0.6 is 0 Å². The van der Waals surface area contributed by atoms with Crippen molar-refractivity contribution in [1.29, 1.82) is 5.26 Å². The van der Waals surface area contributed by atoms with Crippen LogP contribution in [0.4, 0.5) is 11.4 Å². The third kappa shape index (κ3) is 4.39. The Morgan fingerprint density at radius 2 is 1.70 bits per heavy atom. The summed E-state index contributed by atoms with van der Waals surface area (Å²) < 4.78 is 0. The second kappa shape index (κ2) is 7.98. The molecule has 0 aliphatic rings. The lowest BCUT2D eigenvalue weighted by atomic mass is 10.1. The first kappa shape index (κ1) is 17.9. The number of benzene rings is 3. The van der Waals surface area contributed by atoms with Crippen molar-refractivity contribution in [3.8, 4) is 6.07 Å². The average Bonchev–Trinajstić information content (AvgIpc) is 2.68. The van der Waals surface area contributed by atoms with Gasteiger partial charge in [-0.2, -0.15) is 5.26 Å². The van der Waals surface area contributed by atoms with Gasteiger partial charge in [0.15, 0.2) is 5.78 Å². The van der Waals surface area contributed by atoms with Crippen LogP contribution in [0.1, 0.15) is 17.3 Å². The number of hydrogen-bond donors (Lipinski definition) is 2. The number of anilines is 2. The Kier molecular flexibility index (Phi) is 5.29. The zero-order valence-corrected chi connectivity index (χ0v) is 14.7. The van der Waals surface area contributed by atoms with Crippen LogP contribution < -0.4 is 10.6 Å². The summed E-state index contributed by atoms with van der Waals surface area (Å²) >= 11 is 0. The third-order valence-electron chi connectivity index (χ3n) is 4.02. The molecule has 0 heterocycles. The van der Waals surface area contributed by atoms with E-state index in [0.717, 1.165) is 16.5 Å². The lowest BCUT2D eigenvalue weighted by molar-refractivity contribution is -0.112. The summed E-state index contributed by atoms with van der Waals surface area (Å²) in [5.41, 5.74) is 1.65. The summed E-state index contributed by atoms with van der Waals surface area (Å²) in [4.78, 5) is 23.8. The van der Waals surface area contributed by atoms with Gasteiger partial charge in [-0.1, -0.05) is 42.5 Å². The molecule has 27 heavy (non-hydrogen) atoms. The molecular formula is C22H17N3O2. The molecule has 0 saturated heterocycles. The van der Waals surface area contributed by atoms with Crippen molar-refractivity contribution in [3.05, 3.63) is 84.1 Å². The van der Waals surface area contributed by atoms with Crippen molar-refractivity contribution >= 4 is 33.8 Å². The van der Waals surface area contributed by atoms with Crippen LogP contribution in [0.2, 0.25) is 0 Å². The van der Waals surface area contributed by atoms with Crippen LogP contribution in [0.15, 0.2) is 78.5 Å². The first-order valence-corrected chi connectivity index (χ1v) is 8.35. The van der Waals surface area contributed by atoms with Gasteiger partial charge in [-0.15, -0.1) is 0 Å². The number of ketones is 1. The normalized spacial score (nSPS) is 10.9. The molecule has 0 fully saturated rings. The van der Waals surface area contributed by atoms with Crippen molar-refractivity contribution in [2.75, 3.05) is 10.6 Å². The molecular weight excluding hydrogens is 338 g/mol. The smallest absolute Gasteiger partial charge is 0.267 e. The van der Waals surface area contributed by atoms with Gasteiger partial charge < -0.3 is 10.6 Å². The molecule has 3 aromatic rings. The maximum Gasteiger partial charge on any atom is 0.267 e. The highest BCUT2D eigenvalue weighted by Crippen LogP contribution is 2.19. The number of nitrogens with one attached hydrogen (secondary N) is 2. The summed E-state index contributed by atoms with van der Waals surface area (Å²) in [7, 11) is 0. The summed E-state index contributed by atoms with van der Waals surface area (Å²) in [6.45, 7) is 1.45. The Labute approximate surface area is 156 Å². The minimum absolute atomic E-state index is 0.0728. The minimum atomic E-state index is -0.550. The standard InChI is InChI=1S/C22H17N3O2/c1-15(26)17-7-4-8-21(11-17)25-22(27)19(13-23)14-24-20-10-9-16-5-2-3-6-18(16)12-20/h2-12,14,24H,1H3,(H,25,27)/b19-14-. The van der Waals surface area contributed by atoms with Crippen molar-refractivity contribution in [1.82, 2.24) is 0 Å². The molecule has 0 radical (unpaired) electrons. The number of fused-ring (bicyclic) bond motifs is 1. The minimum Gasteiger partial charge on any atom is -0.360 e. The average molecular weight is 355 g/mol. The van der Waals surface area contributed by atoms with Gasteiger partial charge in [0, 0.05) is 23.1 Å². The molecule has 132 valence electrons. The molecule has 0 atom stereocenters. The van der Waals surface area contributed by atoms with Crippen LogP contribution in [0.25, 0.3) is 10.8 Å². The number of hydrogen-bond acceptors (Lipinski definition) is 4. The predicted octanol–water partition coefficient (Wildman–Crippen LogP) is 4.50. The van der Waals surface area contributed by atoms with E-state index in [2.05, 4.69) is 10.6 Å². The molecule has 0 bridgehead atoms. The summed E-state index contributed by atoms with van der Waals surface area (Å²) in [6.07, 6.45) is 1.37. The molecule has 3 rings (SSSR count). The van der Waals surface area contributed by atoms with Crippen LogP contribution in [-0.4, -0.2) is 11.7 Å². The van der Waals surface area contributed by atoms with E-state index >= 15 is 0 Å². The van der Waals surface area contributed by atoms with Crippen molar-refractivity contribution < 1.29 is 9.59 Å². The fourth-order valence-electron chi connectivity index (χ4n) is 2.60. The van der Waals surface area contributed by atoms with E-state index in [1.165, 1.54) is 13.1 Å². The molecule has 5 heteroatoms. The SMILES string of the molecule is CC(=O)c1cccc(NC(=O)/C(C#N)=C\Nc2ccc3ccccc3c2)c1. The van der Waals surface area contributed by atoms with Gasteiger partial charge in [0.05, 0.1) is 0 Å². The number of nitriles is 1. The Hall–Kier alpha value is -3.91. The van der Waals surface area contributed by atoms with E-state index in [1.54, 1.807) is 24.3 Å². The number of carbonyl (C=O) groups is 2. The molecule has 2 N–H and O–H groups in total. The molecule has 1 amide bonds. The van der Waals surface area contributed by atoms with Crippen LogP contribution in [-0.2, 0) is 4.79 Å². The van der Waals surface area contributed by atoms with Gasteiger partial charge in [-0.25, -0.2) is 0 Å². The fourth-order valence-corrected chi connectivity index (χ4v) is 2.60. The zero-order valence-electron chi connectivity index (χ0n) is 14.7. The molecule has 0 aliphatic heterocycles. The van der Waals surface area contributed by atoms with Crippen molar-refractivity contribution in [2.24, 2.45) is 0 Å². The topological polar surface area (TPSA) is 82.0 Å². The number of carbonyl (C=O) groups excluding carboxylic acids is 2. The molecule has 0 aliphatic carbocycles. The number of rotatable bonds is 5. The van der Waals surface area contributed by atoms with Gasteiger partial charge in [0.2, 0.25) is 0 Å². The van der Waals surface area contributed by atoms with E-state index in [9.17, 15) is 14.9 Å². The maximum absolute atomic E-state index is 12.3. The zero-order chi connectivity index (χ0) is 19.2. The van der Waals surface area contributed by atoms with Gasteiger partial charge >= 0.3 is 0 Å². The summed E-state index contributed by atoms with van der Waals surface area (Å²) in [5.74, 6) is -0.647. The third-order valence-corrected chi connectivity index (χ3v) is 4.02. The highest BCUT2D eigenvalue weighted by atomic mass is 16.1. The molecule has 0 spiro atoms. The summed E-state index contributed by atoms with van der Waals surface area (Å²) in [5, 5.41) is 17.1. The lowest BCUT2D eigenvalue weighted by Crippen LogP contribution is -2.14. The van der Waals surface area contributed by atoms with E-state index in [1.807, 2.05) is 48.5 Å². The molecule has 0 saturated carbocycles. The summed E-state index contributed by atoms with van der Waals surface area (Å²) in [6, 6.07) is 22.2. The van der Waals surface area contributed by atoms with Gasteiger partial charge in [-0.3, -0.25) is 9.59 Å². The highest BCUT2D eigenvalue weighted by molar-refractivity contribution is 6.07. The van der Waals surface area contributed by atoms with Gasteiger partial charge in [-0.05, 0) is 42.0 Å². The van der Waals surface area contributed by atoms with Gasteiger partial charge in [0.1, 0.15) is 11.6 Å². The second-order valence-corrected chi connectivity index (χ2v) is 5.97. The van der Waals surface area contributed by atoms with Crippen LogP contribution in [0.5, 0.6) is 0 Å². The first-order chi connectivity index (χ1) is 13.1. The number of nitrogens with zero attached hydrogens (tertiary/aromatic N) is 1. The number of amides is 1. The Morgan fingerprint density at radius 3 is 2.44 bits per heavy atom. The Balaban J connectivity index is 1.75. The van der Waals surface area contributed by atoms with E-state index in [4.69, 9.17) is 0 Å². The number of Topliss-reactive ketones (excluding diaryl/α,β-unsaturated/α-hetero) is 1. The predicted molar refractivity (Wildman–Crippen MR) is 106 cm³/mol. The van der Waals surface area contributed by atoms with Crippen molar-refractivity contribution in [2.45, 2.75) is 6.92 Å². The van der Waals surface area contributed by atoms with Crippen LogP contribution in [0, 0.1) is 11.3 Å². The second-order valence-electron chi connectivity index (χ2n) is 5.97. The van der Waals surface area contributed by atoms with E-state index in [-0.39, 0.29) is 11.4 Å². The monoisotopic (exact) mass is 355 g/mol. The largest absolute Gasteiger partial charge is 0.360 e. The molecule has 0 aromatic heterocycles. The quantitative estimate of drug-likeness (QED) is 0.401. The molecule has 5 nitrogen and oxygen atoms in total. The highest BCUT2D eigenvalue weighted by Gasteiger charge is 2.10. The molecule has 3 aromatic carbocycles. The first-order valence-electron chi connectivity index (χ1n) is 8.35. The Bertz CT molecular complexity index is 1090. The Morgan fingerprint density at radius 1 is 0.926 bits per heavy atom. The fraction of sp³-hybridized carbons (Fsp3) is 0.0455. The van der Waals surface area contributed by atoms with Gasteiger partial charge in [0.25, 0.3) is 5.91 Å². The van der Waals surface area contributed by atoms with E-state index in [0.29, 0.717) is 11.3 Å². The lowest BCUT2D eigenvalue weighted by Gasteiger charge is -2.07. The molecule has 0 unspecified atom stereocenters. The van der Waals surface area contributed by atoms with Crippen LogP contribution in [0.3, 0.4) is 0 Å². The maximum atomic E-state index is 12.3. The van der Waals surface area contributed by atoms with E-state index < -0.39 is 5.91 Å². The van der Waals surface area contributed by atoms with Crippen molar-refractivity contribution in [3.63, 3.8) is 0 Å².